The highest BCUT2D eigenvalue weighted by atomic mass is 32.2. The molecule has 0 saturated heterocycles. The lowest BCUT2D eigenvalue weighted by Gasteiger charge is -2.15. The molecule has 6 nitrogen and oxygen atoms in total. The monoisotopic (exact) mass is 410 g/mol. The van der Waals surface area contributed by atoms with Crippen LogP contribution in [0.5, 0.6) is 5.75 Å². The number of hydrogen-bond acceptors (Lipinski definition) is 5. The first-order chi connectivity index (χ1) is 13.9. The van der Waals surface area contributed by atoms with Gasteiger partial charge in [0, 0.05) is 7.05 Å². The van der Waals surface area contributed by atoms with Crippen LogP contribution in [0.2, 0.25) is 0 Å². The molecule has 1 heterocycles. The first-order valence-electron chi connectivity index (χ1n) is 9.42. The van der Waals surface area contributed by atoms with Crippen molar-refractivity contribution in [2.75, 3.05) is 12.9 Å². The second kappa shape index (κ2) is 9.13. The zero-order chi connectivity index (χ0) is 21.0. The number of hydrogen-bond donors (Lipinski definition) is 1. The van der Waals surface area contributed by atoms with Crippen molar-refractivity contribution >= 4 is 17.7 Å². The Kier molecular flexibility index (Phi) is 6.59. The second-order valence-electron chi connectivity index (χ2n) is 6.99. The Morgan fingerprint density at radius 1 is 1.17 bits per heavy atom. The summed E-state index contributed by atoms with van der Waals surface area (Å²) in [4.78, 5) is 12.4. The lowest BCUT2D eigenvalue weighted by atomic mass is 10.0. The highest BCUT2D eigenvalue weighted by molar-refractivity contribution is 7.99. The van der Waals surface area contributed by atoms with Crippen molar-refractivity contribution < 1.29 is 9.53 Å². The van der Waals surface area contributed by atoms with E-state index < -0.39 is 0 Å². The van der Waals surface area contributed by atoms with Crippen LogP contribution in [0.25, 0.3) is 11.4 Å². The molecule has 0 fully saturated rings. The Balaban J connectivity index is 1.63. The Hall–Kier alpha value is -2.80. The van der Waals surface area contributed by atoms with E-state index in [0.717, 1.165) is 16.9 Å². The summed E-state index contributed by atoms with van der Waals surface area (Å²) < 4.78 is 7.29. The summed E-state index contributed by atoms with van der Waals surface area (Å²) in [6.07, 6.45) is 0. The maximum absolute atomic E-state index is 12.4. The maximum Gasteiger partial charge on any atom is 0.230 e. The van der Waals surface area contributed by atoms with Crippen molar-refractivity contribution in [3.63, 3.8) is 0 Å². The number of thioether (sulfide) groups is 1. The number of para-hydroxylation sites is 1. The minimum absolute atomic E-state index is 0.0393. The van der Waals surface area contributed by atoms with Crippen LogP contribution in [0.3, 0.4) is 0 Å². The van der Waals surface area contributed by atoms with E-state index in [2.05, 4.69) is 47.6 Å². The van der Waals surface area contributed by atoms with Crippen LogP contribution in [0, 0.1) is 13.8 Å². The minimum Gasteiger partial charge on any atom is -0.496 e. The average Bonchev–Trinajstić information content (AvgIpc) is 3.08. The van der Waals surface area contributed by atoms with Gasteiger partial charge in [-0.05, 0) is 49.6 Å². The zero-order valence-corrected chi connectivity index (χ0v) is 18.2. The van der Waals surface area contributed by atoms with Gasteiger partial charge < -0.3 is 14.6 Å². The van der Waals surface area contributed by atoms with E-state index in [1.807, 2.05) is 42.8 Å². The van der Waals surface area contributed by atoms with Gasteiger partial charge in [-0.2, -0.15) is 0 Å². The van der Waals surface area contributed by atoms with Gasteiger partial charge in [-0.3, -0.25) is 4.79 Å². The van der Waals surface area contributed by atoms with E-state index in [-0.39, 0.29) is 17.7 Å². The normalized spacial score (nSPS) is 11.9. The van der Waals surface area contributed by atoms with Gasteiger partial charge in [-0.25, -0.2) is 0 Å². The molecule has 1 amide bonds. The maximum atomic E-state index is 12.4. The number of carbonyl (C=O) groups excluding carboxylic acids is 1. The number of aromatic nitrogens is 3. The number of aryl methyl sites for hydroxylation is 2. The molecule has 0 spiro atoms. The van der Waals surface area contributed by atoms with Gasteiger partial charge in [0.05, 0.1) is 24.5 Å². The number of nitrogens with one attached hydrogen (secondary N) is 1. The largest absolute Gasteiger partial charge is 0.496 e. The Morgan fingerprint density at radius 3 is 2.66 bits per heavy atom. The average molecular weight is 411 g/mol. The molecule has 3 aromatic rings. The molecular weight excluding hydrogens is 384 g/mol. The van der Waals surface area contributed by atoms with Crippen LogP contribution < -0.4 is 10.1 Å². The van der Waals surface area contributed by atoms with Gasteiger partial charge in [0.15, 0.2) is 11.0 Å². The summed E-state index contributed by atoms with van der Waals surface area (Å²) >= 11 is 1.36. The summed E-state index contributed by atoms with van der Waals surface area (Å²) in [5.41, 5.74) is 4.44. The van der Waals surface area contributed by atoms with E-state index in [4.69, 9.17) is 4.74 Å². The number of carbonyl (C=O) groups is 1. The van der Waals surface area contributed by atoms with Crippen LogP contribution >= 0.6 is 11.8 Å². The fraction of sp³-hybridized carbons (Fsp3) is 0.318. The molecule has 0 aliphatic rings. The highest BCUT2D eigenvalue weighted by Crippen LogP contribution is 2.30. The molecule has 29 heavy (non-hydrogen) atoms. The van der Waals surface area contributed by atoms with Gasteiger partial charge in [-0.1, -0.05) is 42.1 Å². The quantitative estimate of drug-likeness (QED) is 0.595. The third-order valence-corrected chi connectivity index (χ3v) is 5.94. The number of nitrogens with zero attached hydrogens (tertiary/aromatic N) is 3. The van der Waals surface area contributed by atoms with Crippen LogP contribution in [-0.2, 0) is 11.8 Å². The topological polar surface area (TPSA) is 69.0 Å². The molecule has 7 heteroatoms. The fourth-order valence-electron chi connectivity index (χ4n) is 3.04. The van der Waals surface area contributed by atoms with Crippen molar-refractivity contribution in [3.8, 4) is 17.1 Å². The second-order valence-corrected chi connectivity index (χ2v) is 7.93. The van der Waals surface area contributed by atoms with Gasteiger partial charge >= 0.3 is 0 Å². The predicted molar refractivity (Wildman–Crippen MR) is 116 cm³/mol. The number of ether oxygens (including phenoxy) is 1. The Morgan fingerprint density at radius 2 is 1.93 bits per heavy atom. The lowest BCUT2D eigenvalue weighted by Crippen LogP contribution is -2.28. The molecule has 3 rings (SSSR count). The van der Waals surface area contributed by atoms with E-state index in [1.54, 1.807) is 7.11 Å². The highest BCUT2D eigenvalue weighted by Gasteiger charge is 2.17. The predicted octanol–water partition coefficient (Wildman–Crippen LogP) is 4.08. The van der Waals surface area contributed by atoms with Gasteiger partial charge in [0.2, 0.25) is 5.91 Å². The molecule has 1 aromatic heterocycles. The fourth-order valence-corrected chi connectivity index (χ4v) is 3.76. The summed E-state index contributed by atoms with van der Waals surface area (Å²) in [5.74, 6) is 1.67. The van der Waals surface area contributed by atoms with Crippen LogP contribution in [0.1, 0.15) is 29.7 Å². The summed E-state index contributed by atoms with van der Waals surface area (Å²) in [6, 6.07) is 13.9. The van der Waals surface area contributed by atoms with Crippen LogP contribution in [0.4, 0.5) is 0 Å². The van der Waals surface area contributed by atoms with E-state index in [1.165, 1.54) is 22.9 Å². The molecule has 0 bridgehead atoms. The van der Waals surface area contributed by atoms with E-state index in [0.29, 0.717) is 11.0 Å². The molecule has 152 valence electrons. The smallest absolute Gasteiger partial charge is 0.230 e. The molecule has 0 unspecified atom stereocenters. The Labute approximate surface area is 175 Å². The van der Waals surface area contributed by atoms with Crippen molar-refractivity contribution in [3.05, 3.63) is 59.2 Å². The van der Waals surface area contributed by atoms with Gasteiger partial charge in [0.25, 0.3) is 0 Å². The zero-order valence-electron chi connectivity index (χ0n) is 17.4. The molecule has 1 N–H and O–H groups in total. The molecular formula is C22H26N4O2S. The summed E-state index contributed by atoms with van der Waals surface area (Å²) in [5, 5.41) is 12.3. The number of benzene rings is 2. The molecule has 0 radical (unpaired) electrons. The lowest BCUT2D eigenvalue weighted by molar-refractivity contribution is -0.119. The number of methoxy groups -OCH3 is 1. The van der Waals surface area contributed by atoms with Gasteiger partial charge in [-0.15, -0.1) is 10.2 Å². The first kappa shape index (κ1) is 20.9. The third kappa shape index (κ3) is 4.79. The Bertz CT molecular complexity index is 1020. The number of amides is 1. The molecule has 0 aliphatic heterocycles. The van der Waals surface area contributed by atoms with Crippen molar-refractivity contribution in [1.82, 2.24) is 20.1 Å². The van der Waals surface area contributed by atoms with E-state index >= 15 is 0 Å². The summed E-state index contributed by atoms with van der Waals surface area (Å²) in [7, 11) is 3.52. The minimum atomic E-state index is -0.0500. The van der Waals surface area contributed by atoms with Crippen molar-refractivity contribution in [2.24, 2.45) is 7.05 Å². The number of rotatable bonds is 7. The molecule has 2 aromatic carbocycles. The SMILES string of the molecule is COc1ccccc1-c1nnc(SCC(=O)N[C@@H](C)c2ccc(C)c(C)c2)n1C. The third-order valence-electron chi connectivity index (χ3n) is 4.92. The summed E-state index contributed by atoms with van der Waals surface area (Å²) in [6.45, 7) is 6.16. The van der Waals surface area contributed by atoms with Gasteiger partial charge in [0.1, 0.15) is 5.75 Å². The van der Waals surface area contributed by atoms with Crippen LogP contribution in [0.15, 0.2) is 47.6 Å². The van der Waals surface area contributed by atoms with Crippen molar-refractivity contribution in [1.29, 1.82) is 0 Å². The van der Waals surface area contributed by atoms with Crippen LogP contribution in [-0.4, -0.2) is 33.5 Å². The first-order valence-corrected chi connectivity index (χ1v) is 10.4. The molecule has 0 saturated carbocycles. The van der Waals surface area contributed by atoms with Crippen molar-refractivity contribution in [2.45, 2.75) is 32.0 Å². The standard InChI is InChI=1S/C22H26N4O2S/c1-14-10-11-17(12-15(14)2)16(3)23-20(27)13-29-22-25-24-21(26(22)4)18-8-6-7-9-19(18)28-5/h6-12,16H,13H2,1-5H3,(H,23,27)/t16-/m0/s1. The van der Waals surface area contributed by atoms with E-state index in [9.17, 15) is 4.79 Å². The molecule has 1 atom stereocenters. The molecule has 0 aliphatic carbocycles.